The molecular weight excluding hydrogens is 247 g/mol. The van der Waals surface area contributed by atoms with Crippen molar-refractivity contribution in [1.29, 1.82) is 0 Å². The van der Waals surface area contributed by atoms with Gasteiger partial charge in [-0.15, -0.1) is 11.3 Å². The summed E-state index contributed by atoms with van der Waals surface area (Å²) in [6.45, 7) is 3.33. The largest absolute Gasteiger partial charge is 0.512 e. The van der Waals surface area contributed by atoms with E-state index in [9.17, 15) is 9.90 Å². The predicted octanol–water partition coefficient (Wildman–Crippen LogP) is 1.47. The zero-order valence-corrected chi connectivity index (χ0v) is 10.8. The van der Waals surface area contributed by atoms with E-state index < -0.39 is 11.9 Å². The van der Waals surface area contributed by atoms with Gasteiger partial charge in [0.15, 0.2) is 0 Å². The molecule has 1 atom stereocenters. The summed E-state index contributed by atoms with van der Waals surface area (Å²) in [6.07, 6.45) is 0.272. The number of benzene rings is 1. The Hall–Kier alpha value is -1.75. The average molecular weight is 260 g/mol. The van der Waals surface area contributed by atoms with E-state index >= 15 is 0 Å². The number of hydrogen-bond donors (Lipinski definition) is 2. The van der Waals surface area contributed by atoms with Crippen molar-refractivity contribution >= 4 is 40.7 Å². The molecule has 1 unspecified atom stereocenters. The molecule has 18 heavy (non-hydrogen) atoms. The molecule has 0 spiro atoms. The van der Waals surface area contributed by atoms with Crippen molar-refractivity contribution < 1.29 is 15.0 Å². The van der Waals surface area contributed by atoms with Crippen molar-refractivity contribution in [2.75, 3.05) is 0 Å². The summed E-state index contributed by atoms with van der Waals surface area (Å²) in [4.78, 5) is 11.1. The fourth-order valence-electron chi connectivity index (χ4n) is 1.92. The van der Waals surface area contributed by atoms with Gasteiger partial charge in [0.05, 0.1) is 5.76 Å². The van der Waals surface area contributed by atoms with Crippen molar-refractivity contribution in [3.8, 4) is 0 Å². The minimum absolute atomic E-state index is 0.272. The molecule has 5 heteroatoms. The van der Waals surface area contributed by atoms with Gasteiger partial charge in [0.25, 0.3) is 0 Å². The number of thiophene rings is 1. The van der Waals surface area contributed by atoms with Crippen molar-refractivity contribution in [3.05, 3.63) is 41.5 Å². The first-order valence-corrected chi connectivity index (χ1v) is 6.44. The Balaban J connectivity index is 2.39. The normalized spacial score (nSPS) is 12.4. The topological polar surface area (TPSA) is 57.5 Å². The summed E-state index contributed by atoms with van der Waals surface area (Å²) in [5.41, 5.74) is 2.08. The lowest BCUT2D eigenvalue weighted by molar-refractivity contribution is -0.141. The van der Waals surface area contributed by atoms with Crippen LogP contribution in [0.1, 0.15) is 5.56 Å². The van der Waals surface area contributed by atoms with Gasteiger partial charge >= 0.3 is 5.97 Å². The molecule has 1 aromatic heterocycles. The Morgan fingerprint density at radius 3 is 2.78 bits per heavy atom. The van der Waals surface area contributed by atoms with Gasteiger partial charge in [-0.2, -0.15) is 0 Å². The molecule has 0 aliphatic carbocycles. The zero-order valence-electron chi connectivity index (χ0n) is 10.0. The minimum atomic E-state index is -1.05. The fraction of sp³-hybridized carbons (Fsp3) is 0.154. The molecule has 0 saturated carbocycles. The zero-order chi connectivity index (χ0) is 13.3. The number of aliphatic hydroxyl groups is 1. The molecule has 0 bridgehead atoms. The summed E-state index contributed by atoms with van der Waals surface area (Å²) in [7, 11) is 2.00. The van der Waals surface area contributed by atoms with E-state index in [0.717, 1.165) is 21.1 Å². The SMILES string of the molecule is Bc1ccc2scc(CC(C(=C)O)C(=O)O)c2c1. The third-order valence-corrected chi connectivity index (χ3v) is 3.95. The lowest BCUT2D eigenvalue weighted by atomic mass is 9.92. The Kier molecular flexibility index (Phi) is 3.43. The van der Waals surface area contributed by atoms with Gasteiger partial charge in [-0.3, -0.25) is 4.79 Å². The van der Waals surface area contributed by atoms with E-state index in [1.165, 1.54) is 0 Å². The first-order valence-electron chi connectivity index (χ1n) is 5.56. The van der Waals surface area contributed by atoms with E-state index in [-0.39, 0.29) is 12.2 Å². The van der Waals surface area contributed by atoms with E-state index in [0.29, 0.717) is 0 Å². The summed E-state index contributed by atoms with van der Waals surface area (Å²) < 4.78 is 1.13. The van der Waals surface area contributed by atoms with Crippen LogP contribution in [0.25, 0.3) is 10.1 Å². The number of fused-ring (bicyclic) bond motifs is 1. The van der Waals surface area contributed by atoms with Crippen LogP contribution < -0.4 is 5.46 Å². The number of carboxylic acid groups (broad SMARTS) is 1. The Morgan fingerprint density at radius 1 is 1.44 bits per heavy atom. The fourth-order valence-corrected chi connectivity index (χ4v) is 2.88. The van der Waals surface area contributed by atoms with Gasteiger partial charge in [0.2, 0.25) is 0 Å². The van der Waals surface area contributed by atoms with Gasteiger partial charge in [-0.1, -0.05) is 24.2 Å². The Bertz CT molecular complexity index is 604. The maximum Gasteiger partial charge on any atom is 0.314 e. The molecule has 3 nitrogen and oxygen atoms in total. The number of aliphatic hydroxyl groups excluding tert-OH is 1. The molecule has 0 aliphatic rings. The first-order chi connectivity index (χ1) is 8.49. The number of hydrogen-bond acceptors (Lipinski definition) is 3. The molecule has 0 amide bonds. The van der Waals surface area contributed by atoms with Crippen LogP contribution in [0.4, 0.5) is 0 Å². The van der Waals surface area contributed by atoms with Gasteiger partial charge in [0, 0.05) is 4.70 Å². The Labute approximate surface area is 110 Å². The van der Waals surface area contributed by atoms with Crippen molar-refractivity contribution in [2.45, 2.75) is 6.42 Å². The summed E-state index contributed by atoms with van der Waals surface area (Å²) >= 11 is 1.58. The highest BCUT2D eigenvalue weighted by atomic mass is 32.1. The van der Waals surface area contributed by atoms with Crippen LogP contribution in [0, 0.1) is 5.92 Å². The monoisotopic (exact) mass is 260 g/mol. The van der Waals surface area contributed by atoms with Crippen LogP contribution in [-0.2, 0) is 11.2 Å². The minimum Gasteiger partial charge on any atom is -0.512 e. The highest BCUT2D eigenvalue weighted by Gasteiger charge is 2.22. The van der Waals surface area contributed by atoms with Crippen molar-refractivity contribution in [2.24, 2.45) is 5.92 Å². The number of carbonyl (C=O) groups is 1. The van der Waals surface area contributed by atoms with Crippen LogP contribution in [0.15, 0.2) is 35.9 Å². The average Bonchev–Trinajstić information content (AvgIpc) is 2.67. The lowest BCUT2D eigenvalue weighted by Crippen LogP contribution is -2.18. The maximum absolute atomic E-state index is 11.1. The van der Waals surface area contributed by atoms with Crippen LogP contribution in [0.5, 0.6) is 0 Å². The smallest absolute Gasteiger partial charge is 0.314 e. The number of rotatable bonds is 4. The quantitative estimate of drug-likeness (QED) is 0.646. The molecule has 1 aromatic carbocycles. The summed E-state index contributed by atoms with van der Waals surface area (Å²) in [5.74, 6) is -2.28. The van der Waals surface area contributed by atoms with Gasteiger partial charge in [-0.25, -0.2) is 0 Å². The van der Waals surface area contributed by atoms with E-state index in [2.05, 4.69) is 6.58 Å². The van der Waals surface area contributed by atoms with Crippen molar-refractivity contribution in [3.63, 3.8) is 0 Å². The molecule has 0 aliphatic heterocycles. The first kappa shape index (κ1) is 12.7. The van der Waals surface area contributed by atoms with Crippen LogP contribution in [0.2, 0.25) is 0 Å². The second-order valence-electron chi connectivity index (χ2n) is 4.35. The molecule has 2 N–H and O–H groups in total. The van der Waals surface area contributed by atoms with Gasteiger partial charge in [-0.05, 0) is 28.8 Å². The molecule has 0 fully saturated rings. The molecule has 92 valence electrons. The summed E-state index contributed by atoms with van der Waals surface area (Å²) in [5, 5.41) is 21.4. The Morgan fingerprint density at radius 2 is 2.17 bits per heavy atom. The van der Waals surface area contributed by atoms with Crippen LogP contribution in [0.3, 0.4) is 0 Å². The third kappa shape index (κ3) is 2.41. The van der Waals surface area contributed by atoms with E-state index in [1.54, 1.807) is 11.3 Å². The van der Waals surface area contributed by atoms with Crippen LogP contribution in [-0.4, -0.2) is 24.0 Å². The third-order valence-electron chi connectivity index (χ3n) is 2.93. The molecule has 1 heterocycles. The summed E-state index contributed by atoms with van der Waals surface area (Å²) in [6, 6.07) is 6.10. The van der Waals surface area contributed by atoms with Crippen LogP contribution >= 0.6 is 11.3 Å². The maximum atomic E-state index is 11.1. The van der Waals surface area contributed by atoms with Crippen molar-refractivity contribution in [1.82, 2.24) is 0 Å². The van der Waals surface area contributed by atoms with Gasteiger partial charge in [0.1, 0.15) is 13.8 Å². The molecule has 0 radical (unpaired) electrons. The highest BCUT2D eigenvalue weighted by Crippen LogP contribution is 2.28. The molecule has 2 rings (SSSR count). The second kappa shape index (κ2) is 4.86. The number of aliphatic carboxylic acids is 1. The standard InChI is InChI=1S/C13H13BO3S/c1-7(15)10(13(16)17)4-8-6-18-12-3-2-9(14)5-11(8)12/h2-3,5-6,10,15H,1,4,14H2,(H,16,17). The van der Waals surface area contributed by atoms with E-state index in [4.69, 9.17) is 5.11 Å². The van der Waals surface area contributed by atoms with E-state index in [1.807, 2.05) is 31.4 Å². The van der Waals surface area contributed by atoms with Gasteiger partial charge < -0.3 is 10.2 Å². The highest BCUT2D eigenvalue weighted by molar-refractivity contribution is 7.17. The molecule has 0 saturated heterocycles. The second-order valence-corrected chi connectivity index (χ2v) is 5.26. The number of carboxylic acids is 1. The molecule has 2 aromatic rings. The molecular formula is C13H13BO3S. The predicted molar refractivity (Wildman–Crippen MR) is 76.6 cm³/mol. The lowest BCUT2D eigenvalue weighted by Gasteiger charge is -2.10.